The minimum absolute atomic E-state index is 0.844. The van der Waals surface area contributed by atoms with E-state index in [1.54, 1.807) is 0 Å². The van der Waals surface area contributed by atoms with Crippen LogP contribution in [0.5, 0.6) is 0 Å². The number of hydrogen-bond acceptors (Lipinski definition) is 0. The Labute approximate surface area is 86.8 Å². The van der Waals surface area contributed by atoms with Crippen molar-refractivity contribution in [3.63, 3.8) is 0 Å². The summed E-state index contributed by atoms with van der Waals surface area (Å²) < 4.78 is 1.40. The van der Waals surface area contributed by atoms with E-state index in [1.807, 2.05) is 6.08 Å². The molecular formula is C11H11I. The van der Waals surface area contributed by atoms with Crippen molar-refractivity contribution in [3.05, 3.63) is 39.5 Å². The second-order valence-electron chi connectivity index (χ2n) is 3.26. The van der Waals surface area contributed by atoms with Crippen LogP contribution in [0.3, 0.4) is 0 Å². The summed E-state index contributed by atoms with van der Waals surface area (Å²) in [6.45, 7) is 3.78. The van der Waals surface area contributed by atoms with Crippen molar-refractivity contribution in [1.29, 1.82) is 0 Å². The molecule has 0 heterocycles. The molecule has 0 aliphatic heterocycles. The van der Waals surface area contributed by atoms with Gasteiger partial charge in [-0.1, -0.05) is 24.8 Å². The molecule has 0 amide bonds. The predicted molar refractivity (Wildman–Crippen MR) is 61.2 cm³/mol. The maximum atomic E-state index is 3.78. The van der Waals surface area contributed by atoms with E-state index in [-0.39, 0.29) is 0 Å². The van der Waals surface area contributed by atoms with E-state index in [0.29, 0.717) is 0 Å². The van der Waals surface area contributed by atoms with Gasteiger partial charge in [-0.15, -0.1) is 0 Å². The number of benzene rings is 1. The SMILES string of the molecule is C=Cc1ccc(I)c(C2CC2)c1. The minimum atomic E-state index is 0.844. The summed E-state index contributed by atoms with van der Waals surface area (Å²) in [5.41, 5.74) is 2.77. The van der Waals surface area contributed by atoms with Crippen LogP contribution in [0.25, 0.3) is 6.08 Å². The average Bonchev–Trinajstić information content (AvgIpc) is 2.88. The lowest BCUT2D eigenvalue weighted by molar-refractivity contribution is 1.11. The molecule has 2 rings (SSSR count). The summed E-state index contributed by atoms with van der Waals surface area (Å²) in [4.78, 5) is 0. The lowest BCUT2D eigenvalue weighted by Gasteiger charge is -2.03. The van der Waals surface area contributed by atoms with Gasteiger partial charge >= 0.3 is 0 Å². The fourth-order valence-corrected chi connectivity index (χ4v) is 2.17. The molecule has 1 aromatic rings. The quantitative estimate of drug-likeness (QED) is 0.717. The molecule has 0 spiro atoms. The van der Waals surface area contributed by atoms with Gasteiger partial charge in [0.2, 0.25) is 0 Å². The number of hydrogen-bond donors (Lipinski definition) is 0. The molecule has 1 fully saturated rings. The highest BCUT2D eigenvalue weighted by atomic mass is 127. The molecule has 0 radical (unpaired) electrons. The first-order chi connectivity index (χ1) is 5.81. The molecule has 62 valence electrons. The molecule has 1 aliphatic carbocycles. The fourth-order valence-electron chi connectivity index (χ4n) is 1.40. The van der Waals surface area contributed by atoms with Crippen molar-refractivity contribution in [2.24, 2.45) is 0 Å². The van der Waals surface area contributed by atoms with Crippen molar-refractivity contribution in [2.45, 2.75) is 18.8 Å². The van der Waals surface area contributed by atoms with Crippen LogP contribution in [0.15, 0.2) is 24.8 Å². The molecule has 0 unspecified atom stereocenters. The molecule has 1 saturated carbocycles. The van der Waals surface area contributed by atoms with E-state index >= 15 is 0 Å². The van der Waals surface area contributed by atoms with Crippen LogP contribution in [-0.2, 0) is 0 Å². The van der Waals surface area contributed by atoms with Crippen LogP contribution >= 0.6 is 22.6 Å². The topological polar surface area (TPSA) is 0 Å². The van der Waals surface area contributed by atoms with Gasteiger partial charge in [-0.2, -0.15) is 0 Å². The van der Waals surface area contributed by atoms with Crippen molar-refractivity contribution in [1.82, 2.24) is 0 Å². The Kier molecular flexibility index (Phi) is 2.22. The molecule has 0 aromatic heterocycles. The van der Waals surface area contributed by atoms with Gasteiger partial charge in [0.1, 0.15) is 0 Å². The Morgan fingerprint density at radius 1 is 1.42 bits per heavy atom. The van der Waals surface area contributed by atoms with E-state index in [1.165, 1.54) is 27.5 Å². The lowest BCUT2D eigenvalue weighted by Crippen LogP contribution is -1.85. The molecule has 1 aromatic carbocycles. The fraction of sp³-hybridized carbons (Fsp3) is 0.273. The third-order valence-corrected chi connectivity index (χ3v) is 3.26. The van der Waals surface area contributed by atoms with Gasteiger partial charge < -0.3 is 0 Å². The van der Waals surface area contributed by atoms with Gasteiger partial charge in [-0.3, -0.25) is 0 Å². The standard InChI is InChI=1S/C11H11I/c1-2-8-3-6-11(12)10(7-8)9-4-5-9/h2-3,6-7,9H,1,4-5H2. The molecule has 0 bridgehead atoms. The highest BCUT2D eigenvalue weighted by Crippen LogP contribution is 2.42. The third kappa shape index (κ3) is 1.56. The molecule has 1 heteroatoms. The van der Waals surface area contributed by atoms with E-state index in [2.05, 4.69) is 47.4 Å². The van der Waals surface area contributed by atoms with E-state index in [4.69, 9.17) is 0 Å². The zero-order chi connectivity index (χ0) is 8.55. The Morgan fingerprint density at radius 2 is 2.17 bits per heavy atom. The Hall–Kier alpha value is -0.310. The maximum absolute atomic E-state index is 3.78. The molecule has 12 heavy (non-hydrogen) atoms. The van der Waals surface area contributed by atoms with E-state index in [9.17, 15) is 0 Å². The van der Waals surface area contributed by atoms with Gasteiger partial charge in [-0.25, -0.2) is 0 Å². The summed E-state index contributed by atoms with van der Waals surface area (Å²) in [5, 5.41) is 0. The number of rotatable bonds is 2. The summed E-state index contributed by atoms with van der Waals surface area (Å²) >= 11 is 2.41. The second kappa shape index (κ2) is 3.21. The zero-order valence-corrected chi connectivity index (χ0v) is 9.04. The highest BCUT2D eigenvalue weighted by Gasteiger charge is 2.25. The first kappa shape index (κ1) is 8.30. The molecule has 0 atom stereocenters. The van der Waals surface area contributed by atoms with Gasteiger partial charge in [0.05, 0.1) is 0 Å². The third-order valence-electron chi connectivity index (χ3n) is 2.27. The van der Waals surface area contributed by atoms with Crippen LogP contribution in [0.4, 0.5) is 0 Å². The summed E-state index contributed by atoms with van der Waals surface area (Å²) in [5.74, 6) is 0.844. The van der Waals surface area contributed by atoms with E-state index < -0.39 is 0 Å². The van der Waals surface area contributed by atoms with Crippen molar-refractivity contribution >= 4 is 28.7 Å². The molecule has 0 N–H and O–H groups in total. The smallest absolute Gasteiger partial charge is 0.0165 e. The summed E-state index contributed by atoms with van der Waals surface area (Å²) in [7, 11) is 0. The Bertz CT molecular complexity index is 311. The predicted octanol–water partition coefficient (Wildman–Crippen LogP) is 3.81. The second-order valence-corrected chi connectivity index (χ2v) is 4.42. The molecule has 0 saturated heterocycles. The lowest BCUT2D eigenvalue weighted by atomic mass is 10.1. The van der Waals surface area contributed by atoms with Crippen molar-refractivity contribution < 1.29 is 0 Å². The van der Waals surface area contributed by atoms with Crippen LogP contribution < -0.4 is 0 Å². The zero-order valence-electron chi connectivity index (χ0n) is 6.89. The van der Waals surface area contributed by atoms with Crippen molar-refractivity contribution in [2.75, 3.05) is 0 Å². The van der Waals surface area contributed by atoms with Crippen LogP contribution in [-0.4, -0.2) is 0 Å². The van der Waals surface area contributed by atoms with E-state index in [0.717, 1.165) is 5.92 Å². The van der Waals surface area contributed by atoms with Crippen LogP contribution in [0.1, 0.15) is 29.9 Å². The molecule has 1 aliphatic rings. The largest absolute Gasteiger partial charge is 0.0985 e. The van der Waals surface area contributed by atoms with Gasteiger partial charge in [-0.05, 0) is 58.5 Å². The first-order valence-corrected chi connectivity index (χ1v) is 5.31. The highest BCUT2D eigenvalue weighted by molar-refractivity contribution is 14.1. The van der Waals surface area contributed by atoms with Gasteiger partial charge in [0.15, 0.2) is 0 Å². The van der Waals surface area contributed by atoms with Crippen LogP contribution in [0, 0.1) is 3.57 Å². The van der Waals surface area contributed by atoms with Crippen LogP contribution in [0.2, 0.25) is 0 Å². The Morgan fingerprint density at radius 3 is 2.75 bits per heavy atom. The summed E-state index contributed by atoms with van der Waals surface area (Å²) in [6.07, 6.45) is 4.66. The average molecular weight is 270 g/mol. The monoisotopic (exact) mass is 270 g/mol. The maximum Gasteiger partial charge on any atom is 0.0165 e. The molecular weight excluding hydrogens is 259 g/mol. The minimum Gasteiger partial charge on any atom is -0.0985 e. The normalized spacial score (nSPS) is 16.1. The Balaban J connectivity index is 2.42. The van der Waals surface area contributed by atoms with Crippen molar-refractivity contribution in [3.8, 4) is 0 Å². The summed E-state index contributed by atoms with van der Waals surface area (Å²) in [6, 6.07) is 6.58. The molecule has 0 nitrogen and oxygen atoms in total. The first-order valence-electron chi connectivity index (χ1n) is 4.23. The van der Waals surface area contributed by atoms with Gasteiger partial charge in [0, 0.05) is 3.57 Å². The van der Waals surface area contributed by atoms with Gasteiger partial charge in [0.25, 0.3) is 0 Å². The number of halogens is 1.